The first-order chi connectivity index (χ1) is 10.3. The molecule has 0 radical (unpaired) electrons. The summed E-state index contributed by atoms with van der Waals surface area (Å²) < 4.78 is 5.75. The maximum Gasteiger partial charge on any atom is 0.260 e. The number of hydrogen-bond acceptors (Lipinski definition) is 2. The average molecular weight is 285 g/mol. The Morgan fingerprint density at radius 1 is 1.19 bits per heavy atom. The van der Waals surface area contributed by atoms with Crippen LogP contribution in [0.2, 0.25) is 0 Å². The van der Waals surface area contributed by atoms with Crippen molar-refractivity contribution in [3.05, 3.63) is 42.0 Å². The first-order valence-electron chi connectivity index (χ1n) is 7.91. The predicted molar refractivity (Wildman–Crippen MR) is 83.2 cm³/mol. The number of rotatable bonds is 4. The SMILES string of the molecule is CCc1ccccc1OCC(=O)N1CC2CC=CCC2C1. The molecule has 0 N–H and O–H groups in total. The lowest BCUT2D eigenvalue weighted by atomic mass is 9.86. The Labute approximate surface area is 126 Å². The summed E-state index contributed by atoms with van der Waals surface area (Å²) in [7, 11) is 0. The number of carbonyl (C=O) groups is 1. The van der Waals surface area contributed by atoms with Crippen molar-refractivity contribution in [2.75, 3.05) is 19.7 Å². The van der Waals surface area contributed by atoms with E-state index < -0.39 is 0 Å². The largest absolute Gasteiger partial charge is 0.483 e. The quantitative estimate of drug-likeness (QED) is 0.796. The Balaban J connectivity index is 1.55. The molecule has 2 aliphatic rings. The number of likely N-dealkylation sites (tertiary alicyclic amines) is 1. The molecule has 2 unspecified atom stereocenters. The van der Waals surface area contributed by atoms with Crippen LogP contribution in [0.3, 0.4) is 0 Å². The van der Waals surface area contributed by atoms with Gasteiger partial charge in [-0.05, 0) is 42.7 Å². The molecule has 0 saturated carbocycles. The van der Waals surface area contributed by atoms with Gasteiger partial charge >= 0.3 is 0 Å². The lowest BCUT2D eigenvalue weighted by Crippen LogP contribution is -2.33. The molecule has 1 fully saturated rings. The van der Waals surface area contributed by atoms with Crippen LogP contribution < -0.4 is 4.74 Å². The van der Waals surface area contributed by atoms with E-state index in [4.69, 9.17) is 4.74 Å². The first-order valence-corrected chi connectivity index (χ1v) is 7.91. The van der Waals surface area contributed by atoms with Crippen LogP contribution >= 0.6 is 0 Å². The molecule has 21 heavy (non-hydrogen) atoms. The molecule has 1 aliphatic carbocycles. The van der Waals surface area contributed by atoms with E-state index in [0.29, 0.717) is 11.8 Å². The van der Waals surface area contributed by atoms with Crippen LogP contribution in [0.4, 0.5) is 0 Å². The molecule has 112 valence electrons. The summed E-state index contributed by atoms with van der Waals surface area (Å²) in [6.45, 7) is 4.05. The summed E-state index contributed by atoms with van der Waals surface area (Å²) in [5.74, 6) is 2.27. The molecule has 3 nitrogen and oxygen atoms in total. The fourth-order valence-electron chi connectivity index (χ4n) is 3.39. The van der Waals surface area contributed by atoms with E-state index in [1.165, 1.54) is 0 Å². The fourth-order valence-corrected chi connectivity index (χ4v) is 3.39. The summed E-state index contributed by atoms with van der Waals surface area (Å²) in [5.41, 5.74) is 1.16. The van der Waals surface area contributed by atoms with Gasteiger partial charge in [0, 0.05) is 13.1 Å². The zero-order valence-electron chi connectivity index (χ0n) is 12.6. The number of ether oxygens (including phenoxy) is 1. The van der Waals surface area contributed by atoms with Gasteiger partial charge in [0.2, 0.25) is 0 Å². The van der Waals surface area contributed by atoms with Gasteiger partial charge in [-0.3, -0.25) is 4.79 Å². The van der Waals surface area contributed by atoms with E-state index in [0.717, 1.165) is 43.7 Å². The van der Waals surface area contributed by atoms with Crippen molar-refractivity contribution in [3.63, 3.8) is 0 Å². The number of amides is 1. The number of aryl methyl sites for hydroxylation is 1. The van der Waals surface area contributed by atoms with Crippen molar-refractivity contribution < 1.29 is 9.53 Å². The Morgan fingerprint density at radius 2 is 1.86 bits per heavy atom. The summed E-state index contributed by atoms with van der Waals surface area (Å²) in [6, 6.07) is 7.95. The Hall–Kier alpha value is -1.77. The Morgan fingerprint density at radius 3 is 2.52 bits per heavy atom. The number of carbonyl (C=O) groups excluding carboxylic acids is 1. The molecule has 3 rings (SSSR count). The van der Waals surface area contributed by atoms with Gasteiger partial charge in [0.1, 0.15) is 5.75 Å². The van der Waals surface area contributed by atoms with E-state index in [-0.39, 0.29) is 12.5 Å². The molecule has 2 atom stereocenters. The van der Waals surface area contributed by atoms with Gasteiger partial charge in [-0.15, -0.1) is 0 Å². The summed E-state index contributed by atoms with van der Waals surface area (Å²) >= 11 is 0. The number of para-hydroxylation sites is 1. The summed E-state index contributed by atoms with van der Waals surface area (Å²) in [6.07, 6.45) is 7.66. The van der Waals surface area contributed by atoms with Gasteiger partial charge in [-0.1, -0.05) is 37.3 Å². The van der Waals surface area contributed by atoms with Gasteiger partial charge in [0.05, 0.1) is 0 Å². The molecular weight excluding hydrogens is 262 g/mol. The van der Waals surface area contributed by atoms with Crippen LogP contribution in [0.5, 0.6) is 5.75 Å². The van der Waals surface area contributed by atoms with E-state index >= 15 is 0 Å². The standard InChI is InChI=1S/C18H23NO2/c1-2-14-7-5-6-10-17(14)21-13-18(20)19-11-15-8-3-4-9-16(15)12-19/h3-7,10,15-16H,2,8-9,11-13H2,1H3. The van der Waals surface area contributed by atoms with Crippen molar-refractivity contribution >= 4 is 5.91 Å². The molecule has 1 aromatic rings. The van der Waals surface area contributed by atoms with Crippen LogP contribution in [0, 0.1) is 11.8 Å². The second kappa shape index (κ2) is 6.33. The highest BCUT2D eigenvalue weighted by molar-refractivity contribution is 5.78. The minimum absolute atomic E-state index is 0.121. The van der Waals surface area contributed by atoms with Gasteiger partial charge in [0.25, 0.3) is 5.91 Å². The third kappa shape index (κ3) is 3.12. The normalized spacial score (nSPS) is 24.0. The highest BCUT2D eigenvalue weighted by Crippen LogP contribution is 2.32. The van der Waals surface area contributed by atoms with Crippen LogP contribution in [-0.4, -0.2) is 30.5 Å². The zero-order valence-corrected chi connectivity index (χ0v) is 12.6. The van der Waals surface area contributed by atoms with Crippen LogP contribution in [0.15, 0.2) is 36.4 Å². The molecule has 1 amide bonds. The molecule has 0 aromatic heterocycles. The molecular formula is C18H23NO2. The molecule has 1 heterocycles. The van der Waals surface area contributed by atoms with Crippen molar-refractivity contribution in [1.29, 1.82) is 0 Å². The lowest BCUT2D eigenvalue weighted by molar-refractivity contribution is -0.132. The van der Waals surface area contributed by atoms with Gasteiger partial charge in [-0.25, -0.2) is 0 Å². The molecule has 1 saturated heterocycles. The smallest absolute Gasteiger partial charge is 0.260 e. The molecule has 1 aromatic carbocycles. The van der Waals surface area contributed by atoms with E-state index in [2.05, 4.69) is 25.1 Å². The first kappa shape index (κ1) is 14.2. The summed E-state index contributed by atoms with van der Waals surface area (Å²) in [5, 5.41) is 0. The van der Waals surface area contributed by atoms with Crippen molar-refractivity contribution in [2.45, 2.75) is 26.2 Å². The van der Waals surface area contributed by atoms with Gasteiger partial charge < -0.3 is 9.64 Å². The van der Waals surface area contributed by atoms with Crippen LogP contribution in [0.1, 0.15) is 25.3 Å². The maximum atomic E-state index is 12.3. The van der Waals surface area contributed by atoms with E-state index in [1.54, 1.807) is 0 Å². The number of benzene rings is 1. The minimum atomic E-state index is 0.121. The van der Waals surface area contributed by atoms with Crippen molar-refractivity contribution in [1.82, 2.24) is 4.90 Å². The molecule has 0 bridgehead atoms. The monoisotopic (exact) mass is 285 g/mol. The lowest BCUT2D eigenvalue weighted by Gasteiger charge is -2.17. The Kier molecular flexibility index (Phi) is 4.28. The van der Waals surface area contributed by atoms with Crippen molar-refractivity contribution in [3.8, 4) is 5.75 Å². The predicted octanol–water partition coefficient (Wildman–Crippen LogP) is 3.05. The number of hydrogen-bond donors (Lipinski definition) is 0. The second-order valence-corrected chi connectivity index (χ2v) is 6.01. The van der Waals surface area contributed by atoms with Crippen molar-refractivity contribution in [2.24, 2.45) is 11.8 Å². The Bertz CT molecular complexity index is 522. The van der Waals surface area contributed by atoms with Gasteiger partial charge in [-0.2, -0.15) is 0 Å². The second-order valence-electron chi connectivity index (χ2n) is 6.01. The van der Waals surface area contributed by atoms with Crippen LogP contribution in [-0.2, 0) is 11.2 Å². The maximum absolute atomic E-state index is 12.3. The minimum Gasteiger partial charge on any atom is -0.483 e. The molecule has 3 heteroatoms. The van der Waals surface area contributed by atoms with Gasteiger partial charge in [0.15, 0.2) is 6.61 Å². The molecule has 1 aliphatic heterocycles. The van der Waals surface area contributed by atoms with Crippen LogP contribution in [0.25, 0.3) is 0 Å². The van der Waals surface area contributed by atoms with E-state index in [9.17, 15) is 4.79 Å². The highest BCUT2D eigenvalue weighted by atomic mass is 16.5. The third-order valence-corrected chi connectivity index (χ3v) is 4.68. The summed E-state index contributed by atoms with van der Waals surface area (Å²) in [4.78, 5) is 14.3. The fraction of sp³-hybridized carbons (Fsp3) is 0.500. The topological polar surface area (TPSA) is 29.5 Å². The average Bonchev–Trinajstić information content (AvgIpc) is 2.97. The zero-order chi connectivity index (χ0) is 14.7. The number of fused-ring (bicyclic) bond motifs is 1. The molecule has 0 spiro atoms. The highest BCUT2D eigenvalue weighted by Gasteiger charge is 2.35. The van der Waals surface area contributed by atoms with E-state index in [1.807, 2.05) is 23.1 Å². The number of nitrogens with zero attached hydrogens (tertiary/aromatic N) is 1. The third-order valence-electron chi connectivity index (χ3n) is 4.68. The number of allylic oxidation sites excluding steroid dienone is 2.